The number of nitrogens with one attached hydrogen (secondary N) is 1. The molecule has 0 spiro atoms. The zero-order valence-electron chi connectivity index (χ0n) is 13.5. The summed E-state index contributed by atoms with van der Waals surface area (Å²) in [5.74, 6) is -2.66. The molecule has 0 atom stereocenters. The Bertz CT molecular complexity index is 773. The Morgan fingerprint density at radius 1 is 1.12 bits per heavy atom. The van der Waals surface area contributed by atoms with E-state index in [0.717, 1.165) is 36.5 Å². The molecule has 0 saturated carbocycles. The second kappa shape index (κ2) is 7.38. The third-order valence-electron chi connectivity index (χ3n) is 4.10. The Hall–Kier alpha value is -2.83. The van der Waals surface area contributed by atoms with Crippen molar-refractivity contribution in [2.45, 2.75) is 25.9 Å². The molecule has 2 amide bonds. The maximum absolute atomic E-state index is 13.5. The van der Waals surface area contributed by atoms with Crippen molar-refractivity contribution in [1.82, 2.24) is 15.2 Å². The average Bonchev–Trinajstić information content (AvgIpc) is 2.99. The number of amides is 2. The van der Waals surface area contributed by atoms with Crippen molar-refractivity contribution in [3.63, 3.8) is 0 Å². The van der Waals surface area contributed by atoms with E-state index >= 15 is 0 Å². The van der Waals surface area contributed by atoms with Gasteiger partial charge in [-0.3, -0.25) is 14.6 Å². The lowest BCUT2D eigenvalue weighted by Crippen LogP contribution is -2.25. The first-order valence-electron chi connectivity index (χ1n) is 7.97. The highest BCUT2D eigenvalue weighted by Crippen LogP contribution is 2.15. The van der Waals surface area contributed by atoms with Crippen LogP contribution in [0, 0.1) is 11.6 Å². The molecule has 0 aliphatic carbocycles. The summed E-state index contributed by atoms with van der Waals surface area (Å²) in [6, 6.07) is 7.38. The van der Waals surface area contributed by atoms with Gasteiger partial charge in [-0.25, -0.2) is 8.78 Å². The molecule has 1 N–H and O–H groups in total. The van der Waals surface area contributed by atoms with Gasteiger partial charge in [0.15, 0.2) is 11.6 Å². The van der Waals surface area contributed by atoms with Crippen LogP contribution >= 0.6 is 0 Å². The summed E-state index contributed by atoms with van der Waals surface area (Å²) < 4.78 is 27.0. The zero-order chi connectivity index (χ0) is 17.8. The van der Waals surface area contributed by atoms with E-state index in [9.17, 15) is 18.4 Å². The molecule has 7 heteroatoms. The molecule has 1 aliphatic rings. The van der Waals surface area contributed by atoms with E-state index in [4.69, 9.17) is 0 Å². The predicted molar refractivity (Wildman–Crippen MR) is 86.4 cm³/mol. The van der Waals surface area contributed by atoms with Crippen molar-refractivity contribution in [1.29, 1.82) is 0 Å². The quantitative estimate of drug-likeness (QED) is 0.905. The van der Waals surface area contributed by atoms with Crippen molar-refractivity contribution in [3.8, 4) is 0 Å². The van der Waals surface area contributed by atoms with E-state index in [1.54, 1.807) is 0 Å². The van der Waals surface area contributed by atoms with Crippen molar-refractivity contribution >= 4 is 11.8 Å². The number of pyridine rings is 1. The molecular formula is C18H17F2N3O2. The topological polar surface area (TPSA) is 62.3 Å². The maximum Gasteiger partial charge on any atom is 0.257 e. The number of hydrogen-bond acceptors (Lipinski definition) is 3. The second-order valence-electron chi connectivity index (χ2n) is 5.90. The van der Waals surface area contributed by atoms with Gasteiger partial charge in [-0.2, -0.15) is 0 Å². The molecule has 1 aromatic heterocycles. The highest BCUT2D eigenvalue weighted by Gasteiger charge is 2.20. The predicted octanol–water partition coefficient (Wildman–Crippen LogP) is 2.41. The van der Waals surface area contributed by atoms with E-state index in [0.29, 0.717) is 13.0 Å². The Morgan fingerprint density at radius 3 is 2.36 bits per heavy atom. The van der Waals surface area contributed by atoms with E-state index in [1.807, 2.05) is 29.2 Å². The van der Waals surface area contributed by atoms with Crippen molar-refractivity contribution in [2.24, 2.45) is 0 Å². The molecule has 0 radical (unpaired) electrons. The van der Waals surface area contributed by atoms with Gasteiger partial charge in [0.1, 0.15) is 5.56 Å². The van der Waals surface area contributed by atoms with Gasteiger partial charge in [-0.05, 0) is 17.5 Å². The smallest absolute Gasteiger partial charge is 0.257 e. The van der Waals surface area contributed by atoms with Crippen LogP contribution in [0.4, 0.5) is 8.78 Å². The number of nitrogens with zero attached hydrogens (tertiary/aromatic N) is 2. The number of likely N-dealkylation sites (tertiary alicyclic amines) is 1. The zero-order valence-corrected chi connectivity index (χ0v) is 13.5. The highest BCUT2D eigenvalue weighted by atomic mass is 19.1. The number of carbonyl (C=O) groups excluding carboxylic acids is 2. The van der Waals surface area contributed by atoms with Crippen LogP contribution in [-0.4, -0.2) is 28.2 Å². The molecular weight excluding hydrogens is 328 g/mol. The van der Waals surface area contributed by atoms with E-state index in [-0.39, 0.29) is 12.5 Å². The summed E-state index contributed by atoms with van der Waals surface area (Å²) in [7, 11) is 0. The Balaban J connectivity index is 1.58. The minimum Gasteiger partial charge on any atom is -0.348 e. The van der Waals surface area contributed by atoms with E-state index in [1.165, 1.54) is 0 Å². The Morgan fingerprint density at radius 2 is 1.76 bits per heavy atom. The fourth-order valence-corrected chi connectivity index (χ4v) is 2.75. The normalized spacial score (nSPS) is 14.0. The van der Waals surface area contributed by atoms with E-state index in [2.05, 4.69) is 10.3 Å². The summed E-state index contributed by atoms with van der Waals surface area (Å²) in [6.07, 6.45) is 3.09. The second-order valence-corrected chi connectivity index (χ2v) is 5.90. The summed E-state index contributed by atoms with van der Waals surface area (Å²) in [4.78, 5) is 28.7. The van der Waals surface area contributed by atoms with E-state index < -0.39 is 23.1 Å². The number of carbonyl (C=O) groups is 2. The van der Waals surface area contributed by atoms with Gasteiger partial charge < -0.3 is 10.2 Å². The molecule has 2 aromatic rings. The Kier molecular flexibility index (Phi) is 5.02. The van der Waals surface area contributed by atoms with Crippen molar-refractivity contribution in [3.05, 3.63) is 65.0 Å². The molecule has 25 heavy (non-hydrogen) atoms. The van der Waals surface area contributed by atoms with Gasteiger partial charge in [0.2, 0.25) is 5.91 Å². The molecule has 1 fully saturated rings. The summed E-state index contributed by atoms with van der Waals surface area (Å²) in [5.41, 5.74) is 1.15. The molecule has 1 aromatic carbocycles. The lowest BCUT2D eigenvalue weighted by Gasteiger charge is -2.15. The minimum atomic E-state index is -0.997. The van der Waals surface area contributed by atoms with Gasteiger partial charge in [0.25, 0.3) is 5.91 Å². The number of rotatable bonds is 5. The van der Waals surface area contributed by atoms with Crippen molar-refractivity contribution in [2.75, 3.05) is 6.54 Å². The number of hydrogen-bond donors (Lipinski definition) is 1. The summed E-state index contributed by atoms with van der Waals surface area (Å²) in [6.45, 7) is 1.49. The van der Waals surface area contributed by atoms with Gasteiger partial charge >= 0.3 is 0 Å². The first-order valence-corrected chi connectivity index (χ1v) is 7.97. The van der Waals surface area contributed by atoms with Gasteiger partial charge in [-0.1, -0.05) is 24.3 Å². The van der Waals surface area contributed by atoms with Crippen LogP contribution in [0.3, 0.4) is 0 Å². The lowest BCUT2D eigenvalue weighted by molar-refractivity contribution is -0.128. The molecule has 5 nitrogen and oxygen atoms in total. The average molecular weight is 345 g/mol. The summed E-state index contributed by atoms with van der Waals surface area (Å²) >= 11 is 0. The van der Waals surface area contributed by atoms with Crippen LogP contribution in [0.15, 0.2) is 36.7 Å². The molecule has 0 unspecified atom stereocenters. The SMILES string of the molecule is O=C(NCc1ccc(CN2CCCC2=O)cc1)c1c(F)cncc1F. The van der Waals surface area contributed by atoms with Crippen LogP contribution in [0.5, 0.6) is 0 Å². The number of aromatic nitrogens is 1. The molecule has 0 bridgehead atoms. The highest BCUT2D eigenvalue weighted by molar-refractivity contribution is 5.94. The third-order valence-corrected chi connectivity index (χ3v) is 4.10. The van der Waals surface area contributed by atoms with Crippen LogP contribution < -0.4 is 5.32 Å². The monoisotopic (exact) mass is 345 g/mol. The summed E-state index contributed by atoms with van der Waals surface area (Å²) in [5, 5.41) is 2.49. The number of benzene rings is 1. The van der Waals surface area contributed by atoms with Crippen LogP contribution in [0.25, 0.3) is 0 Å². The molecule has 1 saturated heterocycles. The fourth-order valence-electron chi connectivity index (χ4n) is 2.75. The Labute approximate surface area is 143 Å². The van der Waals surface area contributed by atoms with Crippen LogP contribution in [0.2, 0.25) is 0 Å². The van der Waals surface area contributed by atoms with Crippen LogP contribution in [-0.2, 0) is 17.9 Å². The maximum atomic E-state index is 13.5. The standard InChI is InChI=1S/C18H17F2N3O2/c19-14-9-21-10-15(20)17(14)18(25)22-8-12-3-5-13(6-4-12)11-23-7-1-2-16(23)24/h3-6,9-10H,1-2,7-8,11H2,(H,22,25). The minimum absolute atomic E-state index is 0.142. The molecule has 2 heterocycles. The first-order chi connectivity index (χ1) is 12.0. The van der Waals surface area contributed by atoms with Crippen molar-refractivity contribution < 1.29 is 18.4 Å². The molecule has 3 rings (SSSR count). The van der Waals surface area contributed by atoms with Gasteiger partial charge in [0, 0.05) is 26.1 Å². The largest absolute Gasteiger partial charge is 0.348 e. The first kappa shape index (κ1) is 17.0. The molecule has 130 valence electrons. The number of halogens is 2. The molecule has 1 aliphatic heterocycles. The van der Waals surface area contributed by atoms with Crippen LogP contribution in [0.1, 0.15) is 34.3 Å². The third kappa shape index (κ3) is 3.99. The fraction of sp³-hybridized carbons (Fsp3) is 0.278. The van der Waals surface area contributed by atoms with Gasteiger partial charge in [-0.15, -0.1) is 0 Å². The van der Waals surface area contributed by atoms with Gasteiger partial charge in [0.05, 0.1) is 12.4 Å². The lowest BCUT2D eigenvalue weighted by atomic mass is 10.1.